The Bertz CT molecular complexity index is 889. The Balaban J connectivity index is 2.25. The highest BCUT2D eigenvalue weighted by molar-refractivity contribution is 5.99. The molecule has 0 spiro atoms. The van der Waals surface area contributed by atoms with Crippen LogP contribution in [0.1, 0.15) is 30.0 Å². The van der Waals surface area contributed by atoms with Crippen molar-refractivity contribution in [1.82, 2.24) is 14.5 Å². The van der Waals surface area contributed by atoms with Gasteiger partial charge in [0.1, 0.15) is 12.4 Å². The van der Waals surface area contributed by atoms with Crippen molar-refractivity contribution in [2.24, 2.45) is 0 Å². The molecule has 0 saturated carbocycles. The lowest BCUT2D eigenvalue weighted by molar-refractivity contribution is -0.141. The zero-order chi connectivity index (χ0) is 21.8. The minimum absolute atomic E-state index is 0.0678. The van der Waals surface area contributed by atoms with E-state index in [1.165, 1.54) is 56.4 Å². The molecule has 8 nitrogen and oxygen atoms in total. The normalized spacial score (nSPS) is 11.1. The number of aromatic nitrogens is 2. The number of imidazole rings is 1. The van der Waals surface area contributed by atoms with Gasteiger partial charge >= 0.3 is 6.18 Å². The van der Waals surface area contributed by atoms with Gasteiger partial charge in [0.2, 0.25) is 11.8 Å². The average molecular weight is 411 g/mol. The number of carbonyl (C=O) groups excluding carboxylic acids is 3. The number of hydrogen-bond acceptors (Lipinski definition) is 4. The third-order valence-corrected chi connectivity index (χ3v) is 3.70. The minimum Gasteiger partial charge on any atom is -0.334 e. The molecular weight excluding hydrogens is 391 g/mol. The van der Waals surface area contributed by atoms with Gasteiger partial charge < -0.3 is 20.1 Å². The van der Waals surface area contributed by atoms with Gasteiger partial charge in [-0.2, -0.15) is 13.2 Å². The maximum Gasteiger partial charge on any atom is 0.406 e. The molecule has 3 amide bonds. The lowest BCUT2D eigenvalue weighted by Gasteiger charge is -2.19. The van der Waals surface area contributed by atoms with Crippen LogP contribution >= 0.6 is 0 Å². The van der Waals surface area contributed by atoms with Crippen LogP contribution in [0.2, 0.25) is 0 Å². The molecule has 29 heavy (non-hydrogen) atoms. The number of carbonyl (C=O) groups is 3. The van der Waals surface area contributed by atoms with E-state index >= 15 is 0 Å². The summed E-state index contributed by atoms with van der Waals surface area (Å²) in [5.74, 6) is -1.19. The van der Waals surface area contributed by atoms with Crippen LogP contribution in [0.4, 0.5) is 24.5 Å². The zero-order valence-corrected chi connectivity index (χ0v) is 16.0. The molecule has 0 bridgehead atoms. The molecule has 2 N–H and O–H groups in total. The van der Waals surface area contributed by atoms with Crippen LogP contribution in [-0.2, 0) is 22.7 Å². The number of amides is 3. The van der Waals surface area contributed by atoms with Gasteiger partial charge in [-0.25, -0.2) is 4.98 Å². The molecule has 1 aromatic carbocycles. The molecule has 1 heterocycles. The summed E-state index contributed by atoms with van der Waals surface area (Å²) in [6.45, 7) is 1.20. The predicted molar refractivity (Wildman–Crippen MR) is 99.1 cm³/mol. The van der Waals surface area contributed by atoms with Gasteiger partial charge in [0.15, 0.2) is 0 Å². The molecule has 11 heteroatoms. The van der Waals surface area contributed by atoms with Crippen LogP contribution in [0.3, 0.4) is 0 Å². The van der Waals surface area contributed by atoms with Gasteiger partial charge in [-0.05, 0) is 18.2 Å². The molecule has 0 saturated heterocycles. The van der Waals surface area contributed by atoms with Crippen molar-refractivity contribution < 1.29 is 27.6 Å². The van der Waals surface area contributed by atoms with E-state index in [4.69, 9.17) is 0 Å². The number of anilines is 2. The minimum atomic E-state index is -4.42. The summed E-state index contributed by atoms with van der Waals surface area (Å²) < 4.78 is 38.9. The fraction of sp³-hybridized carbons (Fsp3) is 0.333. The second-order valence-electron chi connectivity index (χ2n) is 6.41. The Hall–Kier alpha value is -3.37. The van der Waals surface area contributed by atoms with E-state index < -0.39 is 18.6 Å². The first-order valence-corrected chi connectivity index (χ1v) is 8.47. The summed E-state index contributed by atoms with van der Waals surface area (Å²) >= 11 is 0. The summed E-state index contributed by atoms with van der Waals surface area (Å²) in [6, 6.07) is 4.30. The SMILES string of the molecule is CC(=O)Nc1cc(NC(C)=O)cc(C(=O)N(C)Cc2nccn2CC(F)(F)F)c1. The quantitative estimate of drug-likeness (QED) is 0.764. The summed E-state index contributed by atoms with van der Waals surface area (Å²) in [6.07, 6.45) is -2.00. The van der Waals surface area contributed by atoms with E-state index in [9.17, 15) is 27.6 Å². The summed E-state index contributed by atoms with van der Waals surface area (Å²) in [5, 5.41) is 5.06. The summed E-state index contributed by atoms with van der Waals surface area (Å²) in [4.78, 5) is 40.5. The summed E-state index contributed by atoms with van der Waals surface area (Å²) in [7, 11) is 1.41. The molecule has 2 aromatic rings. The highest BCUT2D eigenvalue weighted by Gasteiger charge is 2.29. The topological polar surface area (TPSA) is 96.3 Å². The predicted octanol–water partition coefficient (Wildman–Crippen LogP) is 2.63. The highest BCUT2D eigenvalue weighted by atomic mass is 19.4. The van der Waals surface area contributed by atoms with Crippen molar-refractivity contribution in [1.29, 1.82) is 0 Å². The lowest BCUT2D eigenvalue weighted by atomic mass is 10.1. The molecule has 156 valence electrons. The van der Waals surface area contributed by atoms with Crippen molar-refractivity contribution in [3.63, 3.8) is 0 Å². The molecule has 0 aliphatic rings. The third-order valence-electron chi connectivity index (χ3n) is 3.70. The highest BCUT2D eigenvalue weighted by Crippen LogP contribution is 2.22. The van der Waals surface area contributed by atoms with Crippen LogP contribution in [0.15, 0.2) is 30.6 Å². The van der Waals surface area contributed by atoms with E-state index in [1.54, 1.807) is 0 Å². The van der Waals surface area contributed by atoms with E-state index in [0.29, 0.717) is 11.4 Å². The molecule has 0 unspecified atom stereocenters. The number of alkyl halides is 3. The van der Waals surface area contributed by atoms with Crippen molar-refractivity contribution >= 4 is 29.1 Å². The number of benzene rings is 1. The molecule has 0 atom stereocenters. The van der Waals surface area contributed by atoms with Crippen molar-refractivity contribution in [3.8, 4) is 0 Å². The van der Waals surface area contributed by atoms with Gasteiger partial charge in [0.25, 0.3) is 5.91 Å². The first-order chi connectivity index (χ1) is 13.4. The number of halogens is 3. The fourth-order valence-corrected chi connectivity index (χ4v) is 2.64. The van der Waals surface area contributed by atoms with Crippen molar-refractivity contribution in [3.05, 3.63) is 42.0 Å². The second-order valence-corrected chi connectivity index (χ2v) is 6.41. The molecular formula is C18H20F3N5O3. The average Bonchev–Trinajstić information content (AvgIpc) is 2.97. The maximum atomic E-state index is 12.8. The molecule has 2 rings (SSSR count). The van der Waals surface area contributed by atoms with Crippen LogP contribution < -0.4 is 10.6 Å². The Labute approximate surface area is 164 Å². The van der Waals surface area contributed by atoms with Crippen LogP contribution in [0, 0.1) is 0 Å². The van der Waals surface area contributed by atoms with Crippen molar-refractivity contribution in [2.75, 3.05) is 17.7 Å². The van der Waals surface area contributed by atoms with Gasteiger partial charge in [-0.15, -0.1) is 0 Å². The Morgan fingerprint density at radius 3 is 2.10 bits per heavy atom. The number of nitrogens with zero attached hydrogens (tertiary/aromatic N) is 3. The Kier molecular flexibility index (Phi) is 6.62. The van der Waals surface area contributed by atoms with E-state index in [-0.39, 0.29) is 29.7 Å². The monoisotopic (exact) mass is 411 g/mol. The standard InChI is InChI=1S/C18H20F3N5O3/c1-11(27)23-14-6-13(7-15(8-14)24-12(2)28)17(29)25(3)9-16-22-4-5-26(16)10-18(19,20)21/h4-8H,9-10H2,1-3H3,(H,23,27)(H,24,28). The molecule has 0 radical (unpaired) electrons. The first kappa shape index (κ1) is 21.9. The van der Waals surface area contributed by atoms with Crippen LogP contribution in [0.5, 0.6) is 0 Å². The third kappa shape index (κ3) is 6.63. The van der Waals surface area contributed by atoms with E-state index in [0.717, 1.165) is 4.57 Å². The number of rotatable bonds is 6. The fourth-order valence-electron chi connectivity index (χ4n) is 2.64. The molecule has 0 fully saturated rings. The van der Waals surface area contributed by atoms with Gasteiger partial charge in [0.05, 0.1) is 6.54 Å². The van der Waals surface area contributed by atoms with Crippen molar-refractivity contribution in [2.45, 2.75) is 33.1 Å². The molecule has 0 aliphatic carbocycles. The van der Waals surface area contributed by atoms with Crippen LogP contribution in [-0.4, -0.2) is 45.4 Å². The maximum absolute atomic E-state index is 12.8. The zero-order valence-electron chi connectivity index (χ0n) is 16.0. The van der Waals surface area contributed by atoms with Crippen LogP contribution in [0.25, 0.3) is 0 Å². The Morgan fingerprint density at radius 1 is 1.07 bits per heavy atom. The first-order valence-electron chi connectivity index (χ1n) is 8.47. The largest absolute Gasteiger partial charge is 0.406 e. The molecule has 0 aliphatic heterocycles. The second kappa shape index (κ2) is 8.76. The van der Waals surface area contributed by atoms with E-state index in [2.05, 4.69) is 15.6 Å². The lowest BCUT2D eigenvalue weighted by Crippen LogP contribution is -2.29. The number of nitrogens with one attached hydrogen (secondary N) is 2. The smallest absolute Gasteiger partial charge is 0.334 e. The molecule has 1 aromatic heterocycles. The van der Waals surface area contributed by atoms with Gasteiger partial charge in [-0.1, -0.05) is 0 Å². The van der Waals surface area contributed by atoms with Gasteiger partial charge in [-0.3, -0.25) is 14.4 Å². The summed E-state index contributed by atoms with van der Waals surface area (Å²) in [5.41, 5.74) is 0.717. The van der Waals surface area contributed by atoms with E-state index in [1.807, 2.05) is 0 Å². The number of hydrogen-bond donors (Lipinski definition) is 2. The Morgan fingerprint density at radius 2 is 1.62 bits per heavy atom. The van der Waals surface area contributed by atoms with Gasteiger partial charge in [0, 0.05) is 50.2 Å².